The van der Waals surface area contributed by atoms with Crippen LogP contribution in [0.5, 0.6) is 0 Å². The summed E-state index contributed by atoms with van der Waals surface area (Å²) in [5.74, 6) is 0.643. The number of carbonyl (C=O) groups is 1. The maximum Gasteiger partial charge on any atom is 0.231 e. The van der Waals surface area contributed by atoms with Gasteiger partial charge < -0.3 is 20.3 Å². The minimum absolute atomic E-state index is 0.00242. The summed E-state index contributed by atoms with van der Waals surface area (Å²) in [6.45, 7) is 5.54. The van der Waals surface area contributed by atoms with Gasteiger partial charge in [0.25, 0.3) is 0 Å². The third kappa shape index (κ3) is 3.57. The van der Waals surface area contributed by atoms with E-state index in [1.165, 1.54) is 0 Å². The average molecular weight is 402 g/mol. The van der Waals surface area contributed by atoms with Gasteiger partial charge in [-0.3, -0.25) is 4.79 Å². The Morgan fingerprint density at radius 2 is 1.96 bits per heavy atom. The Kier molecular flexibility index (Phi) is 5.48. The van der Waals surface area contributed by atoms with Crippen LogP contribution in [0.4, 0.5) is 5.82 Å². The Bertz CT molecular complexity index is 852. The minimum atomic E-state index is -0.347. The molecule has 1 fully saturated rings. The molecule has 0 saturated carbocycles. The van der Waals surface area contributed by atoms with Gasteiger partial charge in [0.2, 0.25) is 5.91 Å². The number of hydrogen-bond donors (Lipinski definition) is 1. The number of aromatic nitrogens is 2. The first-order valence-corrected chi connectivity index (χ1v) is 9.91. The number of nitrogens with two attached hydrogens (primary N) is 1. The van der Waals surface area contributed by atoms with Crippen molar-refractivity contribution in [2.75, 3.05) is 37.6 Å². The smallest absolute Gasteiger partial charge is 0.231 e. The summed E-state index contributed by atoms with van der Waals surface area (Å²) in [7, 11) is 0. The maximum absolute atomic E-state index is 13.0. The zero-order valence-electron chi connectivity index (χ0n) is 15.8. The van der Waals surface area contributed by atoms with Gasteiger partial charge in [-0.2, -0.15) is 0 Å². The third-order valence-electron chi connectivity index (χ3n) is 5.52. The highest BCUT2D eigenvalue weighted by atomic mass is 35.5. The topological polar surface area (TPSA) is 84.6 Å². The number of carbonyl (C=O) groups excluding carboxylic acids is 1. The van der Waals surface area contributed by atoms with Gasteiger partial charge in [0, 0.05) is 43.3 Å². The molecule has 2 aromatic rings. The fraction of sp³-hybridized carbons (Fsp3) is 0.450. The summed E-state index contributed by atoms with van der Waals surface area (Å²) in [4.78, 5) is 26.0. The van der Waals surface area contributed by atoms with Gasteiger partial charge in [0.05, 0.1) is 24.3 Å². The van der Waals surface area contributed by atoms with E-state index in [0.29, 0.717) is 24.7 Å². The van der Waals surface area contributed by atoms with Crippen molar-refractivity contribution in [3.63, 3.8) is 0 Å². The molecule has 2 N–H and O–H groups in total. The van der Waals surface area contributed by atoms with Crippen LogP contribution in [0.1, 0.15) is 35.8 Å². The average Bonchev–Trinajstić information content (AvgIpc) is 3.11. The molecular weight excluding hydrogens is 378 g/mol. The van der Waals surface area contributed by atoms with Gasteiger partial charge in [0.15, 0.2) is 0 Å². The molecule has 0 aliphatic carbocycles. The molecule has 0 radical (unpaired) electrons. The zero-order chi connectivity index (χ0) is 19.7. The van der Waals surface area contributed by atoms with Gasteiger partial charge in [-0.25, -0.2) is 9.97 Å². The Morgan fingerprint density at radius 3 is 2.64 bits per heavy atom. The van der Waals surface area contributed by atoms with E-state index in [1.54, 1.807) is 18.5 Å². The molecule has 2 aliphatic heterocycles. The first-order chi connectivity index (χ1) is 13.6. The number of nitrogens with zero attached hydrogens (tertiary/aromatic N) is 4. The summed E-state index contributed by atoms with van der Waals surface area (Å²) < 4.78 is 5.70. The number of hydrogen-bond acceptors (Lipinski definition) is 6. The van der Waals surface area contributed by atoms with Crippen molar-refractivity contribution in [1.82, 2.24) is 14.9 Å². The van der Waals surface area contributed by atoms with Crippen LogP contribution in [0.15, 0.2) is 30.6 Å². The second kappa shape index (κ2) is 8.03. The molecule has 1 saturated heterocycles. The van der Waals surface area contributed by atoms with Crippen LogP contribution in [0.2, 0.25) is 5.02 Å². The molecule has 1 aromatic heterocycles. The van der Waals surface area contributed by atoms with Gasteiger partial charge in [-0.1, -0.05) is 23.7 Å². The van der Waals surface area contributed by atoms with Crippen LogP contribution in [0.3, 0.4) is 0 Å². The van der Waals surface area contributed by atoms with Crippen LogP contribution in [0.25, 0.3) is 0 Å². The molecule has 3 heterocycles. The van der Waals surface area contributed by atoms with Crippen molar-refractivity contribution in [3.8, 4) is 0 Å². The van der Waals surface area contributed by atoms with E-state index in [-0.39, 0.29) is 24.5 Å². The number of ether oxygens (including phenoxy) is 1. The van der Waals surface area contributed by atoms with E-state index in [9.17, 15) is 4.79 Å². The van der Waals surface area contributed by atoms with Crippen molar-refractivity contribution in [3.05, 3.63) is 52.4 Å². The Balaban J connectivity index is 1.45. The summed E-state index contributed by atoms with van der Waals surface area (Å²) in [6, 6.07) is 7.34. The van der Waals surface area contributed by atoms with E-state index in [4.69, 9.17) is 22.1 Å². The predicted molar refractivity (Wildman–Crippen MR) is 107 cm³/mol. The molecule has 2 atom stereocenters. The van der Waals surface area contributed by atoms with Crippen LogP contribution in [0, 0.1) is 0 Å². The molecule has 4 rings (SSSR count). The fourth-order valence-corrected chi connectivity index (χ4v) is 4.05. The monoisotopic (exact) mass is 401 g/mol. The van der Waals surface area contributed by atoms with Gasteiger partial charge >= 0.3 is 0 Å². The minimum Gasteiger partial charge on any atom is -0.367 e. The third-order valence-corrected chi connectivity index (χ3v) is 5.77. The van der Waals surface area contributed by atoms with Crippen LogP contribution < -0.4 is 10.6 Å². The lowest BCUT2D eigenvalue weighted by Crippen LogP contribution is -2.51. The van der Waals surface area contributed by atoms with Crippen molar-refractivity contribution in [2.45, 2.75) is 25.6 Å². The Hall–Kier alpha value is -2.22. The predicted octanol–water partition coefficient (Wildman–Crippen LogP) is 2.11. The zero-order valence-corrected chi connectivity index (χ0v) is 16.6. The number of fused-ring (bicyclic) bond motifs is 1. The SMILES string of the molecule is C[C@@H]1OCc2ncnc(N3CCN(C(=O)[C@H](CN)c4ccc(Cl)cc4)CC3)c21. The lowest BCUT2D eigenvalue weighted by molar-refractivity contribution is -0.132. The fourth-order valence-electron chi connectivity index (χ4n) is 3.93. The summed E-state index contributed by atoms with van der Waals surface area (Å²) in [6.07, 6.45) is 1.59. The molecule has 148 valence electrons. The van der Waals surface area contributed by atoms with Crippen LogP contribution >= 0.6 is 11.6 Å². The molecule has 0 spiro atoms. The van der Waals surface area contributed by atoms with E-state index in [2.05, 4.69) is 14.9 Å². The van der Waals surface area contributed by atoms with Crippen molar-refractivity contribution >= 4 is 23.3 Å². The Morgan fingerprint density at radius 1 is 1.25 bits per heavy atom. The van der Waals surface area contributed by atoms with Crippen LogP contribution in [-0.2, 0) is 16.1 Å². The molecule has 2 aliphatic rings. The summed E-state index contributed by atoms with van der Waals surface area (Å²) in [5.41, 5.74) is 8.86. The van der Waals surface area contributed by atoms with Crippen molar-refractivity contribution in [1.29, 1.82) is 0 Å². The second-order valence-corrected chi connectivity index (χ2v) is 7.60. The Labute approximate surface area is 169 Å². The first kappa shape index (κ1) is 19.1. The lowest BCUT2D eigenvalue weighted by atomic mass is 9.97. The van der Waals surface area contributed by atoms with E-state index in [0.717, 1.165) is 35.7 Å². The van der Waals surface area contributed by atoms with E-state index < -0.39 is 0 Å². The number of rotatable bonds is 4. The number of halogens is 1. The highest BCUT2D eigenvalue weighted by Gasteiger charge is 2.31. The lowest BCUT2D eigenvalue weighted by Gasteiger charge is -2.37. The normalized spacial score (nSPS) is 20.2. The number of anilines is 1. The maximum atomic E-state index is 13.0. The molecule has 1 amide bonds. The van der Waals surface area contributed by atoms with Gasteiger partial charge in [-0.05, 0) is 24.6 Å². The largest absolute Gasteiger partial charge is 0.367 e. The highest BCUT2D eigenvalue weighted by Crippen LogP contribution is 2.35. The molecule has 8 heteroatoms. The van der Waals surface area contributed by atoms with Crippen molar-refractivity contribution < 1.29 is 9.53 Å². The molecule has 7 nitrogen and oxygen atoms in total. The van der Waals surface area contributed by atoms with Crippen LogP contribution in [-0.4, -0.2) is 53.5 Å². The quantitative estimate of drug-likeness (QED) is 0.844. The molecular formula is C20H24ClN5O2. The highest BCUT2D eigenvalue weighted by molar-refractivity contribution is 6.30. The number of piperazine rings is 1. The van der Waals surface area contributed by atoms with Gasteiger partial charge in [0.1, 0.15) is 12.1 Å². The molecule has 0 bridgehead atoms. The second-order valence-electron chi connectivity index (χ2n) is 7.16. The molecule has 0 unspecified atom stereocenters. The van der Waals surface area contributed by atoms with E-state index >= 15 is 0 Å². The van der Waals surface area contributed by atoms with Gasteiger partial charge in [-0.15, -0.1) is 0 Å². The number of amides is 1. The number of benzene rings is 1. The van der Waals surface area contributed by atoms with Crippen molar-refractivity contribution in [2.24, 2.45) is 5.73 Å². The standard InChI is InChI=1S/C20H24ClN5O2/c1-13-18-17(11-28-13)23-12-24-19(18)25-6-8-26(9-7-25)20(27)16(10-22)14-2-4-15(21)5-3-14/h2-5,12-13,16H,6-11,22H2,1H3/t13-,16+/m0/s1. The van der Waals surface area contributed by atoms with E-state index in [1.807, 2.05) is 24.0 Å². The summed E-state index contributed by atoms with van der Waals surface area (Å²) >= 11 is 5.96. The first-order valence-electron chi connectivity index (χ1n) is 9.53. The molecule has 1 aromatic carbocycles. The summed E-state index contributed by atoms with van der Waals surface area (Å²) in [5, 5.41) is 0.649. The molecule has 28 heavy (non-hydrogen) atoms.